The van der Waals surface area contributed by atoms with Gasteiger partial charge in [-0.3, -0.25) is 4.98 Å². The zero-order chi connectivity index (χ0) is 12.0. The Morgan fingerprint density at radius 1 is 1.62 bits per heavy atom. The van der Waals surface area contributed by atoms with Gasteiger partial charge in [0.15, 0.2) is 5.57 Å². The molecule has 0 amide bonds. The molecule has 0 fully saturated rings. The summed E-state index contributed by atoms with van der Waals surface area (Å²) < 4.78 is 4.71. The number of hydrogen-bond acceptors (Lipinski definition) is 5. The Kier molecular flexibility index (Phi) is 4.04. The number of nitrogens with zero attached hydrogens (tertiary/aromatic N) is 2. The van der Waals surface area contributed by atoms with Gasteiger partial charge in [-0.1, -0.05) is 6.07 Å². The van der Waals surface area contributed by atoms with Crippen LogP contribution in [0.5, 0.6) is 0 Å². The number of ether oxygens (including phenoxy) is 1. The minimum Gasteiger partial charge on any atom is -0.462 e. The van der Waals surface area contributed by atoms with E-state index in [1.54, 1.807) is 31.2 Å². The van der Waals surface area contributed by atoms with E-state index in [1.807, 2.05) is 0 Å². The molecule has 1 rings (SSSR count). The lowest BCUT2D eigenvalue weighted by Crippen LogP contribution is -2.13. The fourth-order valence-electron chi connectivity index (χ4n) is 1.07. The quantitative estimate of drug-likeness (QED) is 0.460. The van der Waals surface area contributed by atoms with Gasteiger partial charge in [-0.15, -0.1) is 0 Å². The molecule has 5 heteroatoms. The zero-order valence-electron chi connectivity index (χ0n) is 8.80. The first-order valence-corrected chi connectivity index (χ1v) is 4.69. The van der Waals surface area contributed by atoms with Crippen molar-refractivity contribution in [2.24, 2.45) is 5.73 Å². The largest absolute Gasteiger partial charge is 0.462 e. The Morgan fingerprint density at radius 3 is 2.88 bits per heavy atom. The average Bonchev–Trinajstić information content (AvgIpc) is 2.31. The Hall–Kier alpha value is -2.35. The van der Waals surface area contributed by atoms with Crippen LogP contribution in [0.2, 0.25) is 0 Å². The third-order valence-electron chi connectivity index (χ3n) is 1.80. The lowest BCUT2D eigenvalue weighted by Gasteiger charge is -2.04. The molecule has 1 aromatic heterocycles. The van der Waals surface area contributed by atoms with E-state index in [0.29, 0.717) is 5.69 Å². The van der Waals surface area contributed by atoms with Gasteiger partial charge in [0, 0.05) is 6.20 Å². The van der Waals surface area contributed by atoms with Gasteiger partial charge in [0.1, 0.15) is 6.07 Å². The predicted molar refractivity (Wildman–Crippen MR) is 57.6 cm³/mol. The number of nitrogens with two attached hydrogens (primary N) is 1. The normalized spacial score (nSPS) is 11.2. The molecule has 0 aromatic carbocycles. The van der Waals surface area contributed by atoms with E-state index < -0.39 is 5.97 Å². The van der Waals surface area contributed by atoms with Gasteiger partial charge in [0.2, 0.25) is 0 Å². The number of hydrogen-bond donors (Lipinski definition) is 1. The van der Waals surface area contributed by atoms with Crippen LogP contribution >= 0.6 is 0 Å². The molecule has 0 aliphatic heterocycles. The smallest absolute Gasteiger partial charge is 0.351 e. The first-order valence-electron chi connectivity index (χ1n) is 4.69. The summed E-state index contributed by atoms with van der Waals surface area (Å²) in [5, 5.41) is 8.84. The summed E-state index contributed by atoms with van der Waals surface area (Å²) in [5.41, 5.74) is 5.86. The SMILES string of the molecule is CCOC(=O)C(C#N)=C(N)c1ccccn1. The first-order chi connectivity index (χ1) is 7.70. The summed E-state index contributed by atoms with van der Waals surface area (Å²) in [5.74, 6) is -0.729. The van der Waals surface area contributed by atoms with Gasteiger partial charge in [-0.25, -0.2) is 4.79 Å². The molecule has 0 saturated heterocycles. The van der Waals surface area contributed by atoms with Crippen molar-refractivity contribution in [3.63, 3.8) is 0 Å². The predicted octanol–water partition coefficient (Wildman–Crippen LogP) is 0.838. The van der Waals surface area contributed by atoms with E-state index in [2.05, 4.69) is 4.98 Å². The molecular formula is C11H11N3O2. The topological polar surface area (TPSA) is 89.0 Å². The maximum absolute atomic E-state index is 11.4. The van der Waals surface area contributed by atoms with Crippen molar-refractivity contribution in [2.75, 3.05) is 6.61 Å². The van der Waals surface area contributed by atoms with Crippen LogP contribution in [-0.4, -0.2) is 17.6 Å². The highest BCUT2D eigenvalue weighted by Crippen LogP contribution is 2.11. The molecule has 0 unspecified atom stereocenters. The molecule has 16 heavy (non-hydrogen) atoms. The van der Waals surface area contributed by atoms with Crippen molar-refractivity contribution >= 4 is 11.7 Å². The van der Waals surface area contributed by atoms with Crippen molar-refractivity contribution in [2.45, 2.75) is 6.92 Å². The molecule has 0 spiro atoms. The average molecular weight is 217 g/mol. The molecule has 0 aliphatic rings. The summed E-state index contributed by atoms with van der Waals surface area (Å²) in [6.45, 7) is 1.85. The zero-order valence-corrected chi connectivity index (χ0v) is 8.80. The number of nitriles is 1. The van der Waals surface area contributed by atoms with Crippen LogP contribution in [0.1, 0.15) is 12.6 Å². The monoisotopic (exact) mass is 217 g/mol. The Morgan fingerprint density at radius 2 is 2.38 bits per heavy atom. The lowest BCUT2D eigenvalue weighted by molar-refractivity contribution is -0.137. The number of esters is 1. The third-order valence-corrected chi connectivity index (χ3v) is 1.80. The Balaban J connectivity index is 3.11. The highest BCUT2D eigenvalue weighted by molar-refractivity contribution is 6.00. The van der Waals surface area contributed by atoms with E-state index in [-0.39, 0.29) is 17.9 Å². The molecule has 1 aromatic rings. The maximum atomic E-state index is 11.4. The van der Waals surface area contributed by atoms with E-state index in [9.17, 15) is 4.79 Å². The second kappa shape index (κ2) is 5.51. The highest BCUT2D eigenvalue weighted by Gasteiger charge is 2.16. The van der Waals surface area contributed by atoms with Crippen LogP contribution in [0.25, 0.3) is 5.70 Å². The standard InChI is InChI=1S/C11H11N3O2/c1-2-16-11(15)8(7-12)10(13)9-5-3-4-6-14-9/h3-6H,2,13H2,1H3. The summed E-state index contributed by atoms with van der Waals surface area (Å²) in [6, 6.07) is 6.78. The van der Waals surface area contributed by atoms with Crippen molar-refractivity contribution in [1.82, 2.24) is 4.98 Å². The molecule has 0 saturated carbocycles. The first kappa shape index (κ1) is 11.7. The Bertz CT molecular complexity index is 446. The molecule has 5 nitrogen and oxygen atoms in total. The van der Waals surface area contributed by atoms with Crippen molar-refractivity contribution < 1.29 is 9.53 Å². The minimum atomic E-state index is -0.729. The molecule has 0 bridgehead atoms. The fourth-order valence-corrected chi connectivity index (χ4v) is 1.07. The van der Waals surface area contributed by atoms with E-state index >= 15 is 0 Å². The van der Waals surface area contributed by atoms with Gasteiger partial charge < -0.3 is 10.5 Å². The minimum absolute atomic E-state index is 0.0292. The third kappa shape index (κ3) is 2.58. The number of rotatable bonds is 3. The van der Waals surface area contributed by atoms with Gasteiger partial charge >= 0.3 is 5.97 Å². The maximum Gasteiger partial charge on any atom is 0.351 e. The molecular weight excluding hydrogens is 206 g/mol. The van der Waals surface area contributed by atoms with Crippen LogP contribution in [0, 0.1) is 11.3 Å². The second-order valence-corrected chi connectivity index (χ2v) is 2.84. The van der Waals surface area contributed by atoms with Gasteiger partial charge in [-0.2, -0.15) is 5.26 Å². The molecule has 2 N–H and O–H groups in total. The summed E-state index contributed by atoms with van der Waals surface area (Å²) in [7, 11) is 0. The van der Waals surface area contributed by atoms with Crippen molar-refractivity contribution in [3.05, 3.63) is 35.7 Å². The number of pyridine rings is 1. The number of carbonyl (C=O) groups excluding carboxylic acids is 1. The van der Waals surface area contributed by atoms with Crippen LogP contribution in [0.3, 0.4) is 0 Å². The van der Waals surface area contributed by atoms with Crippen molar-refractivity contribution in [3.8, 4) is 6.07 Å². The van der Waals surface area contributed by atoms with E-state index in [0.717, 1.165) is 0 Å². The van der Waals surface area contributed by atoms with Gasteiger partial charge in [-0.05, 0) is 19.1 Å². The molecule has 1 heterocycles. The van der Waals surface area contributed by atoms with E-state index in [1.165, 1.54) is 6.20 Å². The fraction of sp³-hybridized carbons (Fsp3) is 0.182. The van der Waals surface area contributed by atoms with Crippen molar-refractivity contribution in [1.29, 1.82) is 5.26 Å². The van der Waals surface area contributed by atoms with Gasteiger partial charge in [0.25, 0.3) is 0 Å². The van der Waals surface area contributed by atoms with Crippen LogP contribution in [-0.2, 0) is 9.53 Å². The highest BCUT2D eigenvalue weighted by atomic mass is 16.5. The lowest BCUT2D eigenvalue weighted by atomic mass is 10.1. The summed E-state index contributed by atoms with van der Waals surface area (Å²) in [6.07, 6.45) is 1.53. The second-order valence-electron chi connectivity index (χ2n) is 2.84. The van der Waals surface area contributed by atoms with Gasteiger partial charge in [0.05, 0.1) is 18.0 Å². The number of carbonyl (C=O) groups is 1. The molecule has 0 atom stereocenters. The number of aromatic nitrogens is 1. The van der Waals surface area contributed by atoms with Crippen LogP contribution < -0.4 is 5.73 Å². The summed E-state index contributed by atoms with van der Waals surface area (Å²) >= 11 is 0. The van der Waals surface area contributed by atoms with E-state index in [4.69, 9.17) is 15.7 Å². The van der Waals surface area contributed by atoms with Crippen LogP contribution in [0.15, 0.2) is 30.0 Å². The van der Waals surface area contributed by atoms with Crippen LogP contribution in [0.4, 0.5) is 0 Å². The Labute approximate surface area is 93.2 Å². The molecule has 82 valence electrons. The summed E-state index contributed by atoms with van der Waals surface area (Å²) in [4.78, 5) is 15.3. The molecule has 0 radical (unpaired) electrons. The molecule has 0 aliphatic carbocycles.